The summed E-state index contributed by atoms with van der Waals surface area (Å²) < 4.78 is 5.22. The van der Waals surface area contributed by atoms with Crippen molar-refractivity contribution in [3.05, 3.63) is 47.5 Å². The molecule has 0 spiro atoms. The monoisotopic (exact) mass is 145 g/mol. The van der Waals surface area contributed by atoms with Crippen molar-refractivity contribution >= 4 is 0 Å². The maximum absolute atomic E-state index is 5.22. The molecule has 2 rings (SSSR count). The third-order valence-corrected chi connectivity index (χ3v) is 1.91. The van der Waals surface area contributed by atoms with Gasteiger partial charge in [-0.05, 0) is 23.3 Å². The number of ether oxygens (including phenoxy) is 1. The molecule has 1 atom stereocenters. The molecule has 1 nitrogen and oxygen atoms in total. The van der Waals surface area contributed by atoms with E-state index in [1.54, 1.807) is 7.11 Å². The van der Waals surface area contributed by atoms with Gasteiger partial charge in [0.05, 0.1) is 0 Å². The molecule has 1 aromatic rings. The lowest BCUT2D eigenvalue weighted by Crippen LogP contribution is -1.94. The summed E-state index contributed by atoms with van der Waals surface area (Å²) in [6.07, 6.45) is 5.22. The van der Waals surface area contributed by atoms with Gasteiger partial charge < -0.3 is 4.74 Å². The molecule has 11 heavy (non-hydrogen) atoms. The lowest BCUT2D eigenvalue weighted by Gasteiger charge is -2.06. The van der Waals surface area contributed by atoms with E-state index in [1.807, 2.05) is 24.3 Å². The minimum Gasteiger partial charge on any atom is -0.373 e. The van der Waals surface area contributed by atoms with E-state index in [-0.39, 0.29) is 6.10 Å². The van der Waals surface area contributed by atoms with Crippen LogP contribution in [0.2, 0.25) is 0 Å². The van der Waals surface area contributed by atoms with Crippen molar-refractivity contribution in [2.24, 2.45) is 0 Å². The molecule has 0 bridgehead atoms. The molecule has 0 aliphatic heterocycles. The zero-order valence-corrected chi connectivity index (χ0v) is 6.37. The average Bonchev–Trinajstić information content (AvgIpc) is 2.47. The molecule has 0 saturated carbocycles. The van der Waals surface area contributed by atoms with Crippen molar-refractivity contribution in [1.29, 1.82) is 0 Å². The smallest absolute Gasteiger partial charge is 0.102 e. The number of methoxy groups -OCH3 is 1. The summed E-state index contributed by atoms with van der Waals surface area (Å²) in [6.45, 7) is 0. The Hall–Kier alpha value is -1.08. The molecule has 0 saturated heterocycles. The van der Waals surface area contributed by atoms with Crippen molar-refractivity contribution < 1.29 is 4.74 Å². The number of hydrogen-bond acceptors (Lipinski definition) is 1. The molecule has 1 aliphatic rings. The second-order valence-electron chi connectivity index (χ2n) is 2.55. The first-order valence-corrected chi connectivity index (χ1v) is 3.63. The molecule has 1 radical (unpaired) electrons. The summed E-state index contributed by atoms with van der Waals surface area (Å²) in [5.74, 6) is 0. The van der Waals surface area contributed by atoms with Crippen LogP contribution in [0.1, 0.15) is 17.2 Å². The van der Waals surface area contributed by atoms with Gasteiger partial charge in [0.15, 0.2) is 0 Å². The van der Waals surface area contributed by atoms with Crippen LogP contribution in [0.15, 0.2) is 30.3 Å². The Balaban J connectivity index is 2.46. The summed E-state index contributed by atoms with van der Waals surface area (Å²) in [5.41, 5.74) is 2.37. The molecule has 1 heteroatoms. The number of rotatable bonds is 1. The maximum atomic E-state index is 5.22. The maximum Gasteiger partial charge on any atom is 0.102 e. The number of hydrogen-bond donors (Lipinski definition) is 0. The van der Waals surface area contributed by atoms with E-state index in [0.29, 0.717) is 0 Å². The van der Waals surface area contributed by atoms with Crippen LogP contribution < -0.4 is 0 Å². The van der Waals surface area contributed by atoms with Gasteiger partial charge in [0.1, 0.15) is 6.10 Å². The minimum absolute atomic E-state index is 0.117. The number of benzene rings is 1. The van der Waals surface area contributed by atoms with Gasteiger partial charge in [0.25, 0.3) is 0 Å². The van der Waals surface area contributed by atoms with Crippen LogP contribution in [-0.2, 0) is 4.74 Å². The topological polar surface area (TPSA) is 9.23 Å². The summed E-state index contributed by atoms with van der Waals surface area (Å²) in [7, 11) is 1.71. The second kappa shape index (κ2) is 2.51. The van der Waals surface area contributed by atoms with E-state index in [9.17, 15) is 0 Å². The SMILES string of the molecule is COC1C=[C]c2ccccc21. The lowest BCUT2D eigenvalue weighted by atomic mass is 10.1. The Morgan fingerprint density at radius 2 is 2.18 bits per heavy atom. The first-order chi connectivity index (χ1) is 5.42. The van der Waals surface area contributed by atoms with Crippen LogP contribution in [0.3, 0.4) is 0 Å². The molecule has 0 heterocycles. The fourth-order valence-electron chi connectivity index (χ4n) is 1.33. The molecule has 1 aliphatic carbocycles. The Morgan fingerprint density at radius 1 is 1.36 bits per heavy atom. The van der Waals surface area contributed by atoms with Gasteiger partial charge >= 0.3 is 0 Å². The van der Waals surface area contributed by atoms with Crippen molar-refractivity contribution in [3.63, 3.8) is 0 Å². The molecule has 0 N–H and O–H groups in total. The van der Waals surface area contributed by atoms with Gasteiger partial charge in [-0.15, -0.1) is 0 Å². The first kappa shape index (κ1) is 6.62. The molecule has 1 aromatic carbocycles. The molecular weight excluding hydrogens is 136 g/mol. The van der Waals surface area contributed by atoms with Crippen LogP contribution in [0.4, 0.5) is 0 Å². The summed E-state index contributed by atoms with van der Waals surface area (Å²) >= 11 is 0. The zero-order valence-electron chi connectivity index (χ0n) is 6.37. The van der Waals surface area contributed by atoms with E-state index in [0.717, 1.165) is 5.56 Å². The highest BCUT2D eigenvalue weighted by Gasteiger charge is 2.14. The Labute approximate surface area is 66.3 Å². The van der Waals surface area contributed by atoms with Crippen LogP contribution in [0, 0.1) is 6.08 Å². The van der Waals surface area contributed by atoms with Gasteiger partial charge in [-0.1, -0.05) is 24.3 Å². The Kier molecular flexibility index (Phi) is 1.51. The largest absolute Gasteiger partial charge is 0.373 e. The summed E-state index contributed by atoms with van der Waals surface area (Å²) in [4.78, 5) is 0. The molecule has 1 unspecified atom stereocenters. The average molecular weight is 145 g/mol. The van der Waals surface area contributed by atoms with Crippen molar-refractivity contribution in [2.75, 3.05) is 7.11 Å². The van der Waals surface area contributed by atoms with Crippen LogP contribution in [0.25, 0.3) is 0 Å². The predicted octanol–water partition coefficient (Wildman–Crippen LogP) is 2.10. The van der Waals surface area contributed by atoms with Gasteiger partial charge in [-0.2, -0.15) is 0 Å². The van der Waals surface area contributed by atoms with Gasteiger partial charge in [-0.25, -0.2) is 0 Å². The fourth-order valence-corrected chi connectivity index (χ4v) is 1.33. The van der Waals surface area contributed by atoms with Gasteiger partial charge in [0, 0.05) is 7.11 Å². The third-order valence-electron chi connectivity index (χ3n) is 1.91. The number of fused-ring (bicyclic) bond motifs is 1. The summed E-state index contributed by atoms with van der Waals surface area (Å²) in [6, 6.07) is 8.15. The minimum atomic E-state index is 0.117. The quantitative estimate of drug-likeness (QED) is 0.588. The highest BCUT2D eigenvalue weighted by atomic mass is 16.5. The van der Waals surface area contributed by atoms with Crippen LogP contribution in [0.5, 0.6) is 0 Å². The molecule has 0 aromatic heterocycles. The van der Waals surface area contributed by atoms with E-state index in [4.69, 9.17) is 4.74 Å². The van der Waals surface area contributed by atoms with E-state index >= 15 is 0 Å². The van der Waals surface area contributed by atoms with Crippen LogP contribution >= 0.6 is 0 Å². The van der Waals surface area contributed by atoms with Gasteiger partial charge in [-0.3, -0.25) is 0 Å². The van der Waals surface area contributed by atoms with Crippen molar-refractivity contribution in [1.82, 2.24) is 0 Å². The van der Waals surface area contributed by atoms with E-state index < -0.39 is 0 Å². The highest BCUT2D eigenvalue weighted by molar-refractivity contribution is 5.40. The molecule has 0 amide bonds. The molecule has 0 fully saturated rings. The van der Waals surface area contributed by atoms with Crippen LogP contribution in [-0.4, -0.2) is 7.11 Å². The highest BCUT2D eigenvalue weighted by Crippen LogP contribution is 2.27. The Morgan fingerprint density at radius 3 is 3.00 bits per heavy atom. The molecular formula is C10H9O. The van der Waals surface area contributed by atoms with Crippen molar-refractivity contribution in [3.8, 4) is 0 Å². The van der Waals surface area contributed by atoms with E-state index in [2.05, 4.69) is 12.1 Å². The predicted molar refractivity (Wildman–Crippen MR) is 43.1 cm³/mol. The Bertz CT molecular complexity index is 289. The van der Waals surface area contributed by atoms with Crippen molar-refractivity contribution in [2.45, 2.75) is 6.10 Å². The zero-order chi connectivity index (χ0) is 7.68. The third kappa shape index (κ3) is 0.976. The normalized spacial score (nSPS) is 20.3. The standard InChI is InChI=1S/C10H9O/c1-11-10-7-6-8-4-2-3-5-9(8)10/h2-5,7,10H,1H3. The second-order valence-corrected chi connectivity index (χ2v) is 2.55. The first-order valence-electron chi connectivity index (χ1n) is 3.63. The fraction of sp³-hybridized carbons (Fsp3) is 0.200. The molecule has 55 valence electrons. The lowest BCUT2D eigenvalue weighted by molar-refractivity contribution is 0.145. The van der Waals surface area contributed by atoms with Gasteiger partial charge in [0.2, 0.25) is 0 Å². The summed E-state index contributed by atoms with van der Waals surface area (Å²) in [5, 5.41) is 0. The van der Waals surface area contributed by atoms with E-state index in [1.165, 1.54) is 5.56 Å².